The van der Waals surface area contributed by atoms with E-state index >= 15 is 0 Å². The third kappa shape index (κ3) is 3.69. The summed E-state index contributed by atoms with van der Waals surface area (Å²) >= 11 is 11.6. The maximum Gasteiger partial charge on any atom is 0.337 e. The summed E-state index contributed by atoms with van der Waals surface area (Å²) in [7, 11) is -4.22. The van der Waals surface area contributed by atoms with Crippen molar-refractivity contribution in [2.75, 3.05) is 4.72 Å². The van der Waals surface area contributed by atoms with E-state index in [4.69, 9.17) is 28.3 Å². The van der Waals surface area contributed by atoms with Gasteiger partial charge in [-0.3, -0.25) is 4.72 Å². The molecule has 2 aromatic rings. The van der Waals surface area contributed by atoms with E-state index in [1.54, 1.807) is 13.0 Å². The number of hydrogen-bond donors (Lipinski definition) is 3. The maximum absolute atomic E-state index is 12.4. The van der Waals surface area contributed by atoms with Crippen molar-refractivity contribution in [3.8, 4) is 5.75 Å². The number of hydrogen-bond acceptors (Lipinski definition) is 4. The van der Waals surface area contributed by atoms with E-state index < -0.39 is 26.5 Å². The quantitative estimate of drug-likeness (QED) is 0.709. The smallest absolute Gasteiger partial charge is 0.337 e. The Hall–Kier alpha value is -1.96. The van der Waals surface area contributed by atoms with Crippen LogP contribution in [0.2, 0.25) is 10.0 Å². The van der Waals surface area contributed by atoms with E-state index in [9.17, 15) is 18.3 Å². The second kappa shape index (κ2) is 6.27. The van der Waals surface area contributed by atoms with Gasteiger partial charge in [-0.15, -0.1) is 0 Å². The molecule has 0 aliphatic heterocycles. The number of rotatable bonds is 4. The molecule has 0 spiro atoms. The summed E-state index contributed by atoms with van der Waals surface area (Å²) in [6, 6.07) is 6.26. The van der Waals surface area contributed by atoms with Crippen molar-refractivity contribution in [1.82, 2.24) is 0 Å². The van der Waals surface area contributed by atoms with Gasteiger partial charge in [-0.25, -0.2) is 13.2 Å². The summed E-state index contributed by atoms with van der Waals surface area (Å²) in [5, 5.41) is 18.4. The molecule has 0 radical (unpaired) electrons. The Kier molecular flexibility index (Phi) is 4.74. The second-order valence-electron chi connectivity index (χ2n) is 4.69. The number of carboxylic acids is 1. The van der Waals surface area contributed by atoms with Gasteiger partial charge in [0.2, 0.25) is 0 Å². The van der Waals surface area contributed by atoms with Crippen molar-refractivity contribution < 1.29 is 23.4 Å². The fourth-order valence-corrected chi connectivity index (χ4v) is 3.76. The Morgan fingerprint density at radius 1 is 1.13 bits per heavy atom. The van der Waals surface area contributed by atoms with Crippen LogP contribution in [0, 0.1) is 6.92 Å². The molecule has 0 amide bonds. The standard InChI is InChI=1S/C14H11Cl2NO5S/c1-7-2-3-11(12(18)4-7)17-23(21,22)13-5-8(14(19)20)9(15)6-10(13)16/h2-6,17-18H,1H3,(H,19,20). The highest BCUT2D eigenvalue weighted by Gasteiger charge is 2.23. The van der Waals surface area contributed by atoms with Crippen LogP contribution in [0.4, 0.5) is 5.69 Å². The van der Waals surface area contributed by atoms with E-state index in [1.807, 2.05) is 0 Å². The molecule has 122 valence electrons. The molecule has 0 heterocycles. The third-order valence-corrected chi connectivity index (χ3v) is 5.08. The van der Waals surface area contributed by atoms with Crippen molar-refractivity contribution in [3.05, 3.63) is 51.5 Å². The Morgan fingerprint density at radius 2 is 1.78 bits per heavy atom. The minimum Gasteiger partial charge on any atom is -0.506 e. The van der Waals surface area contributed by atoms with Gasteiger partial charge in [-0.05, 0) is 36.8 Å². The van der Waals surface area contributed by atoms with Gasteiger partial charge in [0.1, 0.15) is 10.6 Å². The lowest BCUT2D eigenvalue weighted by Gasteiger charge is -2.12. The Bertz CT molecular complexity index is 896. The fourth-order valence-electron chi connectivity index (χ4n) is 1.83. The molecule has 0 saturated carbocycles. The summed E-state index contributed by atoms with van der Waals surface area (Å²) in [5.41, 5.74) is 0.284. The molecule has 0 atom stereocenters. The number of aryl methyl sites for hydroxylation is 1. The lowest BCUT2D eigenvalue weighted by atomic mass is 10.2. The zero-order valence-electron chi connectivity index (χ0n) is 11.7. The molecular weight excluding hydrogens is 365 g/mol. The topological polar surface area (TPSA) is 104 Å². The van der Waals surface area contributed by atoms with Gasteiger partial charge in [0.05, 0.1) is 21.3 Å². The SMILES string of the molecule is Cc1ccc(NS(=O)(=O)c2cc(C(=O)O)c(Cl)cc2Cl)c(O)c1. The largest absolute Gasteiger partial charge is 0.506 e. The summed E-state index contributed by atoms with van der Waals surface area (Å²) in [5.74, 6) is -1.65. The van der Waals surface area contributed by atoms with Crippen molar-refractivity contribution in [2.24, 2.45) is 0 Å². The average molecular weight is 376 g/mol. The van der Waals surface area contributed by atoms with E-state index in [1.165, 1.54) is 12.1 Å². The van der Waals surface area contributed by atoms with Gasteiger partial charge in [-0.2, -0.15) is 0 Å². The number of anilines is 1. The van der Waals surface area contributed by atoms with Crippen molar-refractivity contribution in [1.29, 1.82) is 0 Å². The number of halogens is 2. The first-order valence-corrected chi connectivity index (χ1v) is 8.40. The number of carbonyl (C=O) groups is 1. The van der Waals surface area contributed by atoms with Crippen LogP contribution in [0.25, 0.3) is 0 Å². The number of phenolic OH excluding ortho intramolecular Hbond substituents is 1. The normalized spacial score (nSPS) is 11.3. The Balaban J connectivity index is 2.51. The number of nitrogens with one attached hydrogen (secondary N) is 1. The molecule has 9 heteroatoms. The zero-order valence-corrected chi connectivity index (χ0v) is 14.0. The predicted molar refractivity (Wildman–Crippen MR) is 87.1 cm³/mol. The first kappa shape index (κ1) is 17.4. The Morgan fingerprint density at radius 3 is 2.35 bits per heavy atom. The molecular formula is C14H11Cl2NO5S. The molecule has 2 rings (SSSR count). The first-order chi connectivity index (χ1) is 10.6. The number of benzene rings is 2. The highest BCUT2D eigenvalue weighted by Crippen LogP contribution is 2.32. The van der Waals surface area contributed by atoms with Gasteiger partial charge in [0.15, 0.2) is 0 Å². The minimum absolute atomic E-state index is 0.0570. The number of phenols is 1. The zero-order chi connectivity index (χ0) is 17.4. The second-order valence-corrected chi connectivity index (χ2v) is 7.16. The van der Waals surface area contributed by atoms with Crippen LogP contribution in [0.15, 0.2) is 35.2 Å². The van der Waals surface area contributed by atoms with Crippen LogP contribution in [0.3, 0.4) is 0 Å². The van der Waals surface area contributed by atoms with Crippen LogP contribution in [-0.2, 0) is 10.0 Å². The van der Waals surface area contributed by atoms with Gasteiger partial charge in [0.25, 0.3) is 10.0 Å². The van der Waals surface area contributed by atoms with Crippen LogP contribution < -0.4 is 4.72 Å². The summed E-state index contributed by atoms with van der Waals surface area (Å²) in [6.07, 6.45) is 0. The van der Waals surface area contributed by atoms with Crippen LogP contribution in [0.5, 0.6) is 5.75 Å². The lowest BCUT2D eigenvalue weighted by Crippen LogP contribution is -2.15. The lowest BCUT2D eigenvalue weighted by molar-refractivity contribution is 0.0697. The molecule has 0 unspecified atom stereocenters. The molecule has 6 nitrogen and oxygen atoms in total. The summed E-state index contributed by atoms with van der Waals surface area (Å²) < 4.78 is 27.0. The highest BCUT2D eigenvalue weighted by molar-refractivity contribution is 7.92. The fraction of sp³-hybridized carbons (Fsp3) is 0.0714. The first-order valence-electron chi connectivity index (χ1n) is 6.16. The number of aromatic carboxylic acids is 1. The van der Waals surface area contributed by atoms with Gasteiger partial charge >= 0.3 is 5.97 Å². The molecule has 0 bridgehead atoms. The monoisotopic (exact) mass is 375 g/mol. The molecule has 0 aromatic heterocycles. The third-order valence-electron chi connectivity index (χ3n) is 2.94. The predicted octanol–water partition coefficient (Wildman–Crippen LogP) is 3.51. The molecule has 0 fully saturated rings. The van der Waals surface area contributed by atoms with Crippen molar-refractivity contribution in [2.45, 2.75) is 11.8 Å². The van der Waals surface area contributed by atoms with E-state index in [-0.39, 0.29) is 21.5 Å². The average Bonchev–Trinajstić information content (AvgIpc) is 2.41. The highest BCUT2D eigenvalue weighted by atomic mass is 35.5. The van der Waals surface area contributed by atoms with Crippen molar-refractivity contribution >= 4 is 44.9 Å². The molecule has 0 aliphatic rings. The van der Waals surface area contributed by atoms with E-state index in [2.05, 4.69) is 4.72 Å². The van der Waals surface area contributed by atoms with Gasteiger partial charge < -0.3 is 10.2 Å². The number of carboxylic acid groups (broad SMARTS) is 1. The number of aromatic hydroxyl groups is 1. The molecule has 3 N–H and O–H groups in total. The molecule has 23 heavy (non-hydrogen) atoms. The molecule has 2 aromatic carbocycles. The van der Waals surface area contributed by atoms with Crippen molar-refractivity contribution in [3.63, 3.8) is 0 Å². The Labute approximate surface area is 142 Å². The summed E-state index contributed by atoms with van der Waals surface area (Å²) in [4.78, 5) is 10.6. The van der Waals surface area contributed by atoms with E-state index in [0.29, 0.717) is 0 Å². The molecule has 0 aliphatic carbocycles. The maximum atomic E-state index is 12.4. The van der Waals surface area contributed by atoms with Crippen LogP contribution in [0.1, 0.15) is 15.9 Å². The molecule has 0 saturated heterocycles. The minimum atomic E-state index is -4.22. The van der Waals surface area contributed by atoms with Crippen LogP contribution in [-0.4, -0.2) is 24.6 Å². The number of sulfonamides is 1. The van der Waals surface area contributed by atoms with Crippen LogP contribution >= 0.6 is 23.2 Å². The summed E-state index contributed by atoms with van der Waals surface area (Å²) in [6.45, 7) is 1.73. The van der Waals surface area contributed by atoms with Gasteiger partial charge in [-0.1, -0.05) is 29.3 Å². The van der Waals surface area contributed by atoms with Gasteiger partial charge in [0, 0.05) is 0 Å². The van der Waals surface area contributed by atoms with E-state index in [0.717, 1.165) is 17.7 Å².